The molecule has 3 aromatic rings. The summed E-state index contributed by atoms with van der Waals surface area (Å²) in [6.45, 7) is 5.65. The van der Waals surface area contributed by atoms with Crippen molar-refractivity contribution in [1.29, 1.82) is 0 Å². The lowest BCUT2D eigenvalue weighted by Gasteiger charge is -2.13. The number of carbonyl (C=O) groups excluding carboxylic acids is 1. The lowest BCUT2D eigenvalue weighted by atomic mass is 9.96. The average Bonchev–Trinajstić information content (AvgIpc) is 3.01. The molecule has 0 spiro atoms. The van der Waals surface area contributed by atoms with E-state index >= 15 is 0 Å². The molecule has 0 fully saturated rings. The summed E-state index contributed by atoms with van der Waals surface area (Å²) < 4.78 is 47.3. The molecule has 0 saturated carbocycles. The molecule has 2 aromatic heterocycles. The van der Waals surface area contributed by atoms with Crippen molar-refractivity contribution in [3.63, 3.8) is 0 Å². The van der Waals surface area contributed by atoms with Crippen LogP contribution in [0.2, 0.25) is 0 Å². The first-order chi connectivity index (χ1) is 12.3. The third kappa shape index (κ3) is 2.91. The SMILES string of the molecule is CCOC(=O)c1cnc2c(cnn2-c2cc(F)cc(F)c2F)c1C(C)C. The van der Waals surface area contributed by atoms with E-state index in [0.717, 1.165) is 10.7 Å². The fraction of sp³-hybridized carbons (Fsp3) is 0.278. The predicted molar refractivity (Wildman–Crippen MR) is 88.8 cm³/mol. The molecule has 0 atom stereocenters. The lowest BCUT2D eigenvalue weighted by Crippen LogP contribution is -2.11. The van der Waals surface area contributed by atoms with E-state index in [9.17, 15) is 18.0 Å². The molecule has 0 N–H and O–H groups in total. The Labute approximate surface area is 147 Å². The monoisotopic (exact) mass is 363 g/mol. The first kappa shape index (κ1) is 17.9. The summed E-state index contributed by atoms with van der Waals surface area (Å²) in [6.07, 6.45) is 2.70. The molecule has 136 valence electrons. The van der Waals surface area contributed by atoms with Crippen molar-refractivity contribution in [3.05, 3.63) is 53.1 Å². The Morgan fingerprint density at radius 2 is 1.96 bits per heavy atom. The van der Waals surface area contributed by atoms with Gasteiger partial charge in [-0.2, -0.15) is 5.10 Å². The van der Waals surface area contributed by atoms with Crippen molar-refractivity contribution in [2.75, 3.05) is 6.61 Å². The normalized spacial score (nSPS) is 11.3. The number of pyridine rings is 1. The summed E-state index contributed by atoms with van der Waals surface area (Å²) in [5.41, 5.74) is 0.686. The second-order valence-electron chi connectivity index (χ2n) is 5.98. The number of fused-ring (bicyclic) bond motifs is 1. The van der Waals surface area contributed by atoms with Gasteiger partial charge in [0.2, 0.25) is 0 Å². The standard InChI is InChI=1S/C18H16F3N3O2/c1-4-26-18(25)12-7-22-17-11(15(12)9(2)3)8-23-24(17)14-6-10(19)5-13(20)16(14)21/h5-9H,4H2,1-3H3. The molecule has 0 aliphatic heterocycles. The largest absolute Gasteiger partial charge is 0.462 e. The van der Waals surface area contributed by atoms with Crippen molar-refractivity contribution in [1.82, 2.24) is 14.8 Å². The van der Waals surface area contributed by atoms with E-state index < -0.39 is 29.1 Å². The van der Waals surface area contributed by atoms with E-state index in [-0.39, 0.29) is 23.7 Å². The summed E-state index contributed by atoms with van der Waals surface area (Å²) in [5.74, 6) is -4.11. The Balaban J connectivity index is 2.27. The summed E-state index contributed by atoms with van der Waals surface area (Å²) in [7, 11) is 0. The number of ether oxygens (including phenoxy) is 1. The minimum Gasteiger partial charge on any atom is -0.462 e. The van der Waals surface area contributed by atoms with Gasteiger partial charge in [-0.25, -0.2) is 27.6 Å². The van der Waals surface area contributed by atoms with Crippen LogP contribution in [0.25, 0.3) is 16.7 Å². The molecule has 5 nitrogen and oxygen atoms in total. The molecule has 0 aliphatic rings. The van der Waals surface area contributed by atoms with Crippen LogP contribution in [-0.2, 0) is 4.74 Å². The van der Waals surface area contributed by atoms with Gasteiger partial charge in [-0.1, -0.05) is 13.8 Å². The molecule has 8 heteroatoms. The quantitative estimate of drug-likeness (QED) is 0.516. The minimum atomic E-state index is -1.32. The highest BCUT2D eigenvalue weighted by molar-refractivity contribution is 5.97. The van der Waals surface area contributed by atoms with E-state index in [2.05, 4.69) is 10.1 Å². The Kier molecular flexibility index (Phi) is 4.67. The highest BCUT2D eigenvalue weighted by Crippen LogP contribution is 2.30. The smallest absolute Gasteiger partial charge is 0.340 e. The van der Waals surface area contributed by atoms with Gasteiger partial charge in [0, 0.05) is 23.7 Å². The first-order valence-corrected chi connectivity index (χ1v) is 8.03. The molecule has 0 unspecified atom stereocenters. The number of aromatic nitrogens is 3. The topological polar surface area (TPSA) is 57.0 Å². The van der Waals surface area contributed by atoms with Gasteiger partial charge < -0.3 is 4.74 Å². The molecule has 0 amide bonds. The predicted octanol–water partition coefficient (Wildman–Crippen LogP) is 4.14. The van der Waals surface area contributed by atoms with Gasteiger partial charge in [0.1, 0.15) is 11.5 Å². The van der Waals surface area contributed by atoms with E-state index in [1.54, 1.807) is 6.92 Å². The lowest BCUT2D eigenvalue weighted by molar-refractivity contribution is 0.0524. The summed E-state index contributed by atoms with van der Waals surface area (Å²) >= 11 is 0. The summed E-state index contributed by atoms with van der Waals surface area (Å²) in [4.78, 5) is 16.3. The van der Waals surface area contributed by atoms with Crippen molar-refractivity contribution in [3.8, 4) is 5.69 Å². The summed E-state index contributed by atoms with van der Waals surface area (Å²) in [6, 6.07) is 1.29. The van der Waals surface area contributed by atoms with Crippen LogP contribution in [0, 0.1) is 17.5 Å². The van der Waals surface area contributed by atoms with Gasteiger partial charge in [-0.05, 0) is 18.4 Å². The van der Waals surface area contributed by atoms with Crippen molar-refractivity contribution in [2.24, 2.45) is 0 Å². The maximum atomic E-state index is 14.1. The fourth-order valence-electron chi connectivity index (χ4n) is 2.86. The van der Waals surface area contributed by atoms with Crippen LogP contribution in [-0.4, -0.2) is 27.3 Å². The zero-order valence-corrected chi connectivity index (χ0v) is 14.4. The second-order valence-corrected chi connectivity index (χ2v) is 5.98. The van der Waals surface area contributed by atoms with Crippen LogP contribution in [0.4, 0.5) is 13.2 Å². The van der Waals surface area contributed by atoms with Gasteiger partial charge in [-0.15, -0.1) is 0 Å². The maximum absolute atomic E-state index is 14.1. The van der Waals surface area contributed by atoms with Gasteiger partial charge in [0.25, 0.3) is 0 Å². The number of rotatable bonds is 4. The second kappa shape index (κ2) is 6.78. The number of benzene rings is 1. The molecule has 3 rings (SSSR count). The molecular formula is C18H16F3N3O2. The fourth-order valence-corrected chi connectivity index (χ4v) is 2.86. The third-order valence-electron chi connectivity index (χ3n) is 3.91. The summed E-state index contributed by atoms with van der Waals surface area (Å²) in [5, 5.41) is 4.51. The van der Waals surface area contributed by atoms with E-state index in [0.29, 0.717) is 17.0 Å². The molecule has 0 radical (unpaired) electrons. The zero-order chi connectivity index (χ0) is 19.0. The zero-order valence-electron chi connectivity index (χ0n) is 14.4. The average molecular weight is 363 g/mol. The van der Waals surface area contributed by atoms with Crippen LogP contribution in [0.15, 0.2) is 24.5 Å². The number of carbonyl (C=O) groups is 1. The third-order valence-corrected chi connectivity index (χ3v) is 3.91. The molecule has 26 heavy (non-hydrogen) atoms. The van der Waals surface area contributed by atoms with Crippen molar-refractivity contribution < 1.29 is 22.7 Å². The van der Waals surface area contributed by atoms with Gasteiger partial charge in [0.15, 0.2) is 17.3 Å². The van der Waals surface area contributed by atoms with Crippen LogP contribution in [0.3, 0.4) is 0 Å². The molecule has 2 heterocycles. The Morgan fingerprint density at radius 3 is 2.62 bits per heavy atom. The number of hydrogen-bond acceptors (Lipinski definition) is 4. The highest BCUT2D eigenvalue weighted by atomic mass is 19.2. The number of nitrogens with zero attached hydrogens (tertiary/aromatic N) is 3. The van der Waals surface area contributed by atoms with Crippen LogP contribution < -0.4 is 0 Å². The van der Waals surface area contributed by atoms with Gasteiger partial charge >= 0.3 is 5.97 Å². The van der Waals surface area contributed by atoms with E-state index in [1.165, 1.54) is 12.4 Å². The Hall–Kier alpha value is -2.90. The number of halogens is 3. The van der Waals surface area contributed by atoms with Gasteiger partial charge in [0.05, 0.1) is 18.4 Å². The molecule has 1 aromatic carbocycles. The van der Waals surface area contributed by atoms with E-state index in [4.69, 9.17) is 4.74 Å². The van der Waals surface area contributed by atoms with Crippen molar-refractivity contribution >= 4 is 17.0 Å². The molecule has 0 bridgehead atoms. The van der Waals surface area contributed by atoms with Gasteiger partial charge in [-0.3, -0.25) is 0 Å². The molecule has 0 saturated heterocycles. The number of esters is 1. The Bertz CT molecular complexity index is 999. The highest BCUT2D eigenvalue weighted by Gasteiger charge is 2.23. The minimum absolute atomic E-state index is 0.0911. The van der Waals surface area contributed by atoms with Crippen LogP contribution >= 0.6 is 0 Å². The van der Waals surface area contributed by atoms with Crippen LogP contribution in [0.5, 0.6) is 0 Å². The first-order valence-electron chi connectivity index (χ1n) is 8.03. The van der Waals surface area contributed by atoms with Crippen molar-refractivity contribution in [2.45, 2.75) is 26.7 Å². The maximum Gasteiger partial charge on any atom is 0.340 e. The molecule has 0 aliphatic carbocycles. The van der Waals surface area contributed by atoms with Crippen LogP contribution in [0.1, 0.15) is 42.6 Å². The molecular weight excluding hydrogens is 347 g/mol. The number of hydrogen-bond donors (Lipinski definition) is 0. The Morgan fingerprint density at radius 1 is 1.23 bits per heavy atom. The van der Waals surface area contributed by atoms with E-state index in [1.807, 2.05) is 13.8 Å².